The molecule has 0 bridgehead atoms. The van der Waals surface area contributed by atoms with Crippen LogP contribution in [0.15, 0.2) is 17.0 Å². The van der Waals surface area contributed by atoms with Crippen molar-refractivity contribution in [3.05, 3.63) is 27.7 Å². The van der Waals surface area contributed by atoms with Gasteiger partial charge in [-0.25, -0.2) is 13.6 Å². The van der Waals surface area contributed by atoms with E-state index in [0.717, 1.165) is 18.9 Å². The van der Waals surface area contributed by atoms with E-state index in [1.54, 1.807) is 0 Å². The van der Waals surface area contributed by atoms with Gasteiger partial charge in [-0.2, -0.15) is 0 Å². The maximum atomic E-state index is 12.0. The van der Waals surface area contributed by atoms with Crippen LogP contribution in [0, 0.1) is 0 Å². The lowest BCUT2D eigenvalue weighted by atomic mass is 10.2. The zero-order chi connectivity index (χ0) is 15.6. The first-order chi connectivity index (χ1) is 9.79. The Morgan fingerprint density at radius 3 is 2.71 bits per heavy atom. The second kappa shape index (κ2) is 6.50. The molecule has 2 rings (SSSR count). The van der Waals surface area contributed by atoms with Crippen molar-refractivity contribution >= 4 is 39.1 Å². The molecule has 0 aliphatic carbocycles. The lowest BCUT2D eigenvalue weighted by molar-refractivity contribution is 0.0857. The molecule has 0 radical (unpaired) electrons. The standard InChI is InChI=1S/C12H14Cl2N2O4S/c13-9-4-7(5-10(11(9)14)21(15,18)19)12(17)16-6-8-2-1-3-20-8/h4-5,8H,1-3,6H2,(H,16,17)(H2,15,18,19). The maximum absolute atomic E-state index is 12.0. The molecule has 1 aliphatic heterocycles. The van der Waals surface area contributed by atoms with Crippen LogP contribution in [0.5, 0.6) is 0 Å². The molecule has 1 fully saturated rings. The van der Waals surface area contributed by atoms with Gasteiger partial charge in [-0.3, -0.25) is 4.79 Å². The quantitative estimate of drug-likeness (QED) is 0.858. The fourth-order valence-corrected chi connectivity index (χ4v) is 3.37. The Balaban J connectivity index is 2.19. The summed E-state index contributed by atoms with van der Waals surface area (Å²) in [6.45, 7) is 1.03. The fourth-order valence-electron chi connectivity index (χ4n) is 2.02. The number of primary sulfonamides is 1. The molecule has 1 heterocycles. The molecular formula is C12H14Cl2N2O4S. The van der Waals surface area contributed by atoms with Crippen LogP contribution < -0.4 is 10.5 Å². The summed E-state index contributed by atoms with van der Waals surface area (Å²) in [5, 5.41) is 7.46. The van der Waals surface area contributed by atoms with Gasteiger partial charge in [-0.1, -0.05) is 23.2 Å². The summed E-state index contributed by atoms with van der Waals surface area (Å²) in [5.74, 6) is -0.464. The summed E-state index contributed by atoms with van der Waals surface area (Å²) in [4.78, 5) is 11.7. The lowest BCUT2D eigenvalue weighted by Crippen LogP contribution is -2.32. The Morgan fingerprint density at radius 1 is 1.43 bits per heavy atom. The highest BCUT2D eigenvalue weighted by molar-refractivity contribution is 7.89. The zero-order valence-electron chi connectivity index (χ0n) is 10.9. The second-order valence-electron chi connectivity index (χ2n) is 4.66. The fraction of sp³-hybridized carbons (Fsp3) is 0.417. The van der Waals surface area contributed by atoms with Crippen molar-refractivity contribution in [1.29, 1.82) is 0 Å². The Bertz CT molecular complexity index is 657. The van der Waals surface area contributed by atoms with Gasteiger partial charge in [0.15, 0.2) is 0 Å². The number of sulfonamides is 1. The first kappa shape index (κ1) is 16.5. The molecule has 116 valence electrons. The minimum atomic E-state index is -4.06. The number of nitrogens with two attached hydrogens (primary N) is 1. The van der Waals surface area contributed by atoms with Crippen LogP contribution in [0.25, 0.3) is 0 Å². The van der Waals surface area contributed by atoms with Crippen molar-refractivity contribution in [2.45, 2.75) is 23.8 Å². The van der Waals surface area contributed by atoms with Gasteiger partial charge >= 0.3 is 0 Å². The van der Waals surface area contributed by atoms with Crippen molar-refractivity contribution < 1.29 is 17.9 Å². The van der Waals surface area contributed by atoms with E-state index in [-0.39, 0.29) is 26.6 Å². The van der Waals surface area contributed by atoms with Crippen LogP contribution in [0.3, 0.4) is 0 Å². The molecule has 1 unspecified atom stereocenters. The van der Waals surface area contributed by atoms with Crippen molar-refractivity contribution in [2.24, 2.45) is 5.14 Å². The van der Waals surface area contributed by atoms with Crippen LogP contribution in [0.2, 0.25) is 10.0 Å². The first-order valence-corrected chi connectivity index (χ1v) is 8.51. The van der Waals surface area contributed by atoms with E-state index in [1.807, 2.05) is 0 Å². The molecule has 1 aliphatic rings. The molecule has 1 aromatic carbocycles. The third kappa shape index (κ3) is 4.08. The Labute approximate surface area is 132 Å². The second-order valence-corrected chi connectivity index (χ2v) is 6.98. The molecule has 3 N–H and O–H groups in total. The minimum absolute atomic E-state index is 0.0190. The number of nitrogens with one attached hydrogen (secondary N) is 1. The third-order valence-electron chi connectivity index (χ3n) is 3.08. The molecule has 0 aromatic heterocycles. The summed E-state index contributed by atoms with van der Waals surface area (Å²) < 4.78 is 28.2. The molecule has 9 heteroatoms. The van der Waals surface area contributed by atoms with Crippen LogP contribution in [-0.4, -0.2) is 33.6 Å². The monoisotopic (exact) mass is 352 g/mol. The van der Waals surface area contributed by atoms with E-state index in [0.29, 0.717) is 13.2 Å². The molecule has 0 spiro atoms. The van der Waals surface area contributed by atoms with E-state index in [1.165, 1.54) is 6.07 Å². The summed E-state index contributed by atoms with van der Waals surface area (Å²) in [6.07, 6.45) is 1.82. The largest absolute Gasteiger partial charge is 0.376 e. The normalized spacial score (nSPS) is 18.7. The number of halogens is 2. The van der Waals surface area contributed by atoms with E-state index >= 15 is 0 Å². The van der Waals surface area contributed by atoms with Gasteiger partial charge in [0.2, 0.25) is 10.0 Å². The predicted molar refractivity (Wildman–Crippen MR) is 79.1 cm³/mol. The number of carbonyl (C=O) groups is 1. The molecular weight excluding hydrogens is 339 g/mol. The van der Waals surface area contributed by atoms with Crippen LogP contribution in [-0.2, 0) is 14.8 Å². The average Bonchev–Trinajstić information content (AvgIpc) is 2.90. The van der Waals surface area contributed by atoms with Gasteiger partial charge in [-0.15, -0.1) is 0 Å². The summed E-state index contributed by atoms with van der Waals surface area (Å²) in [7, 11) is -4.06. The van der Waals surface area contributed by atoms with E-state index < -0.39 is 15.9 Å². The molecule has 1 atom stereocenters. The number of rotatable bonds is 4. The predicted octanol–water partition coefficient (Wildman–Crippen LogP) is 1.55. The molecule has 6 nitrogen and oxygen atoms in total. The SMILES string of the molecule is NS(=O)(=O)c1cc(C(=O)NCC2CCCO2)cc(Cl)c1Cl. The van der Waals surface area contributed by atoms with Crippen LogP contribution >= 0.6 is 23.2 Å². The van der Waals surface area contributed by atoms with Gasteiger partial charge in [0, 0.05) is 18.7 Å². The van der Waals surface area contributed by atoms with Gasteiger partial charge in [-0.05, 0) is 25.0 Å². The highest BCUT2D eigenvalue weighted by atomic mass is 35.5. The van der Waals surface area contributed by atoms with Crippen molar-refractivity contribution in [3.63, 3.8) is 0 Å². The number of carbonyl (C=O) groups excluding carboxylic acids is 1. The molecule has 1 aromatic rings. The molecule has 21 heavy (non-hydrogen) atoms. The minimum Gasteiger partial charge on any atom is -0.376 e. The smallest absolute Gasteiger partial charge is 0.251 e. The van der Waals surface area contributed by atoms with E-state index in [9.17, 15) is 13.2 Å². The van der Waals surface area contributed by atoms with Gasteiger partial charge in [0.05, 0.1) is 16.1 Å². The third-order valence-corrected chi connectivity index (χ3v) is 4.93. The first-order valence-electron chi connectivity index (χ1n) is 6.20. The topological polar surface area (TPSA) is 98.5 Å². The zero-order valence-corrected chi connectivity index (χ0v) is 13.3. The van der Waals surface area contributed by atoms with Gasteiger partial charge in [0.25, 0.3) is 5.91 Å². The number of amides is 1. The Morgan fingerprint density at radius 2 is 2.14 bits per heavy atom. The number of hydrogen-bond acceptors (Lipinski definition) is 4. The number of ether oxygens (including phenoxy) is 1. The van der Waals surface area contributed by atoms with Gasteiger partial charge < -0.3 is 10.1 Å². The van der Waals surface area contributed by atoms with Crippen LogP contribution in [0.4, 0.5) is 0 Å². The van der Waals surface area contributed by atoms with Crippen molar-refractivity contribution in [2.75, 3.05) is 13.2 Å². The average molecular weight is 353 g/mol. The van der Waals surface area contributed by atoms with E-state index in [4.69, 9.17) is 33.1 Å². The highest BCUT2D eigenvalue weighted by Gasteiger charge is 2.21. The van der Waals surface area contributed by atoms with Crippen molar-refractivity contribution in [1.82, 2.24) is 5.32 Å². The van der Waals surface area contributed by atoms with Crippen LogP contribution in [0.1, 0.15) is 23.2 Å². The lowest BCUT2D eigenvalue weighted by Gasteiger charge is -2.12. The molecule has 0 saturated carbocycles. The summed E-state index contributed by atoms with van der Waals surface area (Å²) in [5.41, 5.74) is 0.0754. The maximum Gasteiger partial charge on any atom is 0.251 e. The van der Waals surface area contributed by atoms with Gasteiger partial charge in [0.1, 0.15) is 4.90 Å². The number of hydrogen-bond donors (Lipinski definition) is 2. The molecule has 1 amide bonds. The summed E-state index contributed by atoms with van der Waals surface area (Å²) in [6, 6.07) is 2.40. The Hall–Kier alpha value is -0.860. The van der Waals surface area contributed by atoms with Crippen molar-refractivity contribution in [3.8, 4) is 0 Å². The Kier molecular flexibility index (Phi) is 5.11. The highest BCUT2D eigenvalue weighted by Crippen LogP contribution is 2.30. The molecule has 1 saturated heterocycles. The summed E-state index contributed by atoms with van der Waals surface area (Å²) >= 11 is 11.6. The van der Waals surface area contributed by atoms with E-state index in [2.05, 4.69) is 5.32 Å². The number of benzene rings is 1.